The summed E-state index contributed by atoms with van der Waals surface area (Å²) in [4.78, 5) is 12.6. The molecule has 0 amide bonds. The lowest BCUT2D eigenvalue weighted by molar-refractivity contribution is -0.139. The van der Waals surface area contributed by atoms with E-state index >= 15 is 0 Å². The fourth-order valence-electron chi connectivity index (χ4n) is 3.63. The van der Waals surface area contributed by atoms with E-state index in [4.69, 9.17) is 24.7 Å². The van der Waals surface area contributed by atoms with Gasteiger partial charge in [-0.3, -0.25) is 0 Å². The highest BCUT2D eigenvalue weighted by atomic mass is 16.5. The van der Waals surface area contributed by atoms with Crippen LogP contribution < -0.4 is 5.73 Å². The summed E-state index contributed by atoms with van der Waals surface area (Å²) in [5.41, 5.74) is 8.11. The number of allylic oxidation sites excluding steroid dienone is 2. The minimum absolute atomic E-state index is 0.00286. The van der Waals surface area contributed by atoms with Crippen molar-refractivity contribution >= 4 is 5.97 Å². The maximum atomic E-state index is 12.6. The summed E-state index contributed by atoms with van der Waals surface area (Å²) in [6.45, 7) is 5.35. The summed E-state index contributed by atoms with van der Waals surface area (Å²) < 4.78 is 22.0. The Morgan fingerprint density at radius 2 is 2.24 bits per heavy atom. The maximum absolute atomic E-state index is 12.6. The van der Waals surface area contributed by atoms with Gasteiger partial charge in [0.1, 0.15) is 17.4 Å². The Labute approximate surface area is 170 Å². The Kier molecular flexibility index (Phi) is 6.91. The SMILES string of the molecule is CCOC(=O)C1=C(C)OC(N)=C(C#N)C1c1cccc(COCC2CCCO2)c1. The maximum Gasteiger partial charge on any atom is 0.338 e. The molecule has 1 aromatic rings. The smallest absolute Gasteiger partial charge is 0.338 e. The number of esters is 1. The van der Waals surface area contributed by atoms with E-state index in [-0.39, 0.29) is 29.7 Å². The van der Waals surface area contributed by atoms with Crippen molar-refractivity contribution in [1.82, 2.24) is 0 Å². The van der Waals surface area contributed by atoms with E-state index in [0.717, 1.165) is 30.6 Å². The zero-order valence-electron chi connectivity index (χ0n) is 16.8. The predicted octanol–water partition coefficient (Wildman–Crippen LogP) is 3.03. The number of hydrogen-bond donors (Lipinski definition) is 1. The number of rotatable bonds is 7. The first-order chi connectivity index (χ1) is 14.0. The normalized spacial score (nSPS) is 21.7. The number of benzene rings is 1. The summed E-state index contributed by atoms with van der Waals surface area (Å²) in [6.07, 6.45) is 2.24. The van der Waals surface area contributed by atoms with E-state index in [0.29, 0.717) is 19.0 Å². The van der Waals surface area contributed by atoms with Gasteiger partial charge in [-0.05, 0) is 37.8 Å². The molecule has 2 aliphatic rings. The minimum atomic E-state index is -0.647. The molecule has 2 unspecified atom stereocenters. The lowest BCUT2D eigenvalue weighted by atomic mass is 9.82. The van der Waals surface area contributed by atoms with Gasteiger partial charge in [0, 0.05) is 6.61 Å². The van der Waals surface area contributed by atoms with E-state index < -0.39 is 11.9 Å². The van der Waals surface area contributed by atoms with Crippen molar-refractivity contribution in [2.45, 2.75) is 45.3 Å². The quantitative estimate of drug-likeness (QED) is 0.704. The van der Waals surface area contributed by atoms with Crippen LogP contribution in [0, 0.1) is 11.3 Å². The average Bonchev–Trinajstić information content (AvgIpc) is 3.21. The molecule has 2 atom stereocenters. The summed E-state index contributed by atoms with van der Waals surface area (Å²) in [5, 5.41) is 9.66. The molecule has 29 heavy (non-hydrogen) atoms. The second-order valence-corrected chi connectivity index (χ2v) is 7.01. The largest absolute Gasteiger partial charge is 0.463 e. The van der Waals surface area contributed by atoms with E-state index in [1.165, 1.54) is 0 Å². The van der Waals surface area contributed by atoms with Crippen molar-refractivity contribution < 1.29 is 23.7 Å². The van der Waals surface area contributed by atoms with Crippen molar-refractivity contribution in [3.63, 3.8) is 0 Å². The molecular formula is C22H26N2O5. The summed E-state index contributed by atoms with van der Waals surface area (Å²) in [5.74, 6) is -0.825. The van der Waals surface area contributed by atoms with E-state index in [9.17, 15) is 10.1 Å². The van der Waals surface area contributed by atoms with Crippen molar-refractivity contribution in [3.05, 3.63) is 58.2 Å². The number of ether oxygens (including phenoxy) is 4. The number of nitrogens with zero attached hydrogens (tertiary/aromatic N) is 1. The number of carbonyl (C=O) groups is 1. The Morgan fingerprint density at radius 1 is 1.41 bits per heavy atom. The van der Waals surface area contributed by atoms with Crippen LogP contribution in [0.25, 0.3) is 0 Å². The van der Waals surface area contributed by atoms with Crippen LogP contribution in [0.15, 0.2) is 47.1 Å². The van der Waals surface area contributed by atoms with Gasteiger partial charge in [0.2, 0.25) is 5.88 Å². The van der Waals surface area contributed by atoms with Gasteiger partial charge in [-0.2, -0.15) is 5.26 Å². The highest BCUT2D eigenvalue weighted by Gasteiger charge is 2.36. The molecule has 2 N–H and O–H groups in total. The second-order valence-electron chi connectivity index (χ2n) is 7.01. The number of nitrogens with two attached hydrogens (primary N) is 1. The van der Waals surface area contributed by atoms with Gasteiger partial charge in [-0.1, -0.05) is 24.3 Å². The molecule has 0 radical (unpaired) electrons. The molecule has 7 nitrogen and oxygen atoms in total. The van der Waals surface area contributed by atoms with Crippen LogP contribution in [0.5, 0.6) is 0 Å². The molecule has 2 heterocycles. The highest BCUT2D eigenvalue weighted by molar-refractivity contribution is 5.92. The Balaban J connectivity index is 1.85. The molecule has 0 bridgehead atoms. The predicted molar refractivity (Wildman–Crippen MR) is 105 cm³/mol. The zero-order valence-corrected chi connectivity index (χ0v) is 16.8. The van der Waals surface area contributed by atoms with Gasteiger partial charge in [0.05, 0.1) is 37.4 Å². The van der Waals surface area contributed by atoms with Gasteiger partial charge in [0.15, 0.2) is 0 Å². The molecule has 1 aromatic carbocycles. The van der Waals surface area contributed by atoms with Gasteiger partial charge in [-0.15, -0.1) is 0 Å². The first-order valence-electron chi connectivity index (χ1n) is 9.78. The molecule has 0 saturated carbocycles. The Bertz CT molecular complexity index is 862. The third-order valence-corrected chi connectivity index (χ3v) is 4.98. The number of nitriles is 1. The molecule has 3 rings (SSSR count). The van der Waals surface area contributed by atoms with Crippen LogP contribution in [0.2, 0.25) is 0 Å². The molecule has 0 aromatic heterocycles. The van der Waals surface area contributed by atoms with Crippen molar-refractivity contribution in [2.24, 2.45) is 5.73 Å². The third kappa shape index (κ3) is 4.78. The summed E-state index contributed by atoms with van der Waals surface area (Å²) in [6, 6.07) is 9.68. The van der Waals surface area contributed by atoms with Crippen molar-refractivity contribution in [3.8, 4) is 6.07 Å². The van der Waals surface area contributed by atoms with Gasteiger partial charge < -0.3 is 24.7 Å². The van der Waals surface area contributed by atoms with Crippen LogP contribution in [0.3, 0.4) is 0 Å². The van der Waals surface area contributed by atoms with Crippen LogP contribution in [-0.2, 0) is 30.3 Å². The van der Waals surface area contributed by atoms with Gasteiger partial charge in [0.25, 0.3) is 0 Å². The van der Waals surface area contributed by atoms with Crippen LogP contribution in [-0.4, -0.2) is 31.9 Å². The molecule has 0 aliphatic carbocycles. The Morgan fingerprint density at radius 3 is 2.93 bits per heavy atom. The Hall–Kier alpha value is -2.82. The first kappa shape index (κ1) is 20.9. The van der Waals surface area contributed by atoms with Crippen LogP contribution in [0.4, 0.5) is 0 Å². The lowest BCUT2D eigenvalue weighted by Gasteiger charge is -2.27. The molecule has 1 saturated heterocycles. The molecule has 0 spiro atoms. The number of hydrogen-bond acceptors (Lipinski definition) is 7. The highest BCUT2D eigenvalue weighted by Crippen LogP contribution is 2.39. The monoisotopic (exact) mass is 398 g/mol. The molecule has 2 aliphatic heterocycles. The summed E-state index contributed by atoms with van der Waals surface area (Å²) >= 11 is 0. The topological polar surface area (TPSA) is 104 Å². The van der Waals surface area contributed by atoms with Gasteiger partial charge >= 0.3 is 5.97 Å². The fourth-order valence-corrected chi connectivity index (χ4v) is 3.63. The van der Waals surface area contributed by atoms with E-state index in [1.54, 1.807) is 13.8 Å². The van der Waals surface area contributed by atoms with E-state index in [2.05, 4.69) is 6.07 Å². The molecule has 1 fully saturated rings. The zero-order chi connectivity index (χ0) is 20.8. The standard InChI is InChI=1S/C22H26N2O5/c1-3-27-22(25)19-14(2)29-21(24)18(11-23)20(19)16-7-4-6-15(10-16)12-26-13-17-8-5-9-28-17/h4,6-7,10,17,20H,3,5,8-9,12-13,24H2,1-2H3. The van der Waals surface area contributed by atoms with E-state index in [1.807, 2.05) is 24.3 Å². The van der Waals surface area contributed by atoms with Gasteiger partial charge in [-0.25, -0.2) is 4.79 Å². The van der Waals surface area contributed by atoms with Crippen molar-refractivity contribution in [1.29, 1.82) is 5.26 Å². The van der Waals surface area contributed by atoms with Crippen molar-refractivity contribution in [2.75, 3.05) is 19.8 Å². The first-order valence-corrected chi connectivity index (χ1v) is 9.78. The molecule has 7 heteroatoms. The minimum Gasteiger partial charge on any atom is -0.463 e. The lowest BCUT2D eigenvalue weighted by Crippen LogP contribution is -2.25. The molecule has 154 valence electrons. The van der Waals surface area contributed by atoms with Crippen LogP contribution in [0.1, 0.15) is 43.7 Å². The van der Waals surface area contributed by atoms with Crippen LogP contribution >= 0.6 is 0 Å². The second kappa shape index (κ2) is 9.59. The third-order valence-electron chi connectivity index (χ3n) is 4.98. The fraction of sp³-hybridized carbons (Fsp3) is 0.455. The summed E-state index contributed by atoms with van der Waals surface area (Å²) in [7, 11) is 0. The average molecular weight is 398 g/mol. The number of carbonyl (C=O) groups excluding carboxylic acids is 1. The molecular weight excluding hydrogens is 372 g/mol.